The summed E-state index contributed by atoms with van der Waals surface area (Å²) in [6.07, 6.45) is 15.1. The second-order valence-electron chi connectivity index (χ2n) is 10.2. The van der Waals surface area contributed by atoms with Crippen molar-refractivity contribution in [2.24, 2.45) is 0 Å². The van der Waals surface area contributed by atoms with Gasteiger partial charge in [0.2, 0.25) is 5.91 Å². The summed E-state index contributed by atoms with van der Waals surface area (Å²) in [4.78, 5) is 27.2. The highest BCUT2D eigenvalue weighted by Crippen LogP contribution is 2.30. The number of rotatable bonds is 20. The van der Waals surface area contributed by atoms with E-state index in [1.54, 1.807) is 12.1 Å². The molecular formula is C33H51N2O4+. The van der Waals surface area contributed by atoms with Gasteiger partial charge in [0, 0.05) is 37.6 Å². The zero-order chi connectivity index (χ0) is 28.3. The van der Waals surface area contributed by atoms with Gasteiger partial charge in [-0.05, 0) is 44.4 Å². The van der Waals surface area contributed by atoms with Crippen LogP contribution in [0.2, 0.25) is 0 Å². The van der Waals surface area contributed by atoms with Crippen molar-refractivity contribution in [2.75, 3.05) is 19.8 Å². The number of ether oxygens (including phenoxy) is 2. The van der Waals surface area contributed by atoms with Crippen molar-refractivity contribution < 1.29 is 23.6 Å². The molecule has 6 nitrogen and oxygen atoms in total. The zero-order valence-corrected chi connectivity index (χ0v) is 24.9. The van der Waals surface area contributed by atoms with Crippen LogP contribution in [0.4, 0.5) is 0 Å². The Bertz CT molecular complexity index is 991. The Morgan fingerprint density at radius 1 is 0.769 bits per heavy atom. The van der Waals surface area contributed by atoms with Gasteiger partial charge in [-0.15, -0.1) is 0 Å². The fourth-order valence-corrected chi connectivity index (χ4v) is 4.67. The van der Waals surface area contributed by atoms with Crippen molar-refractivity contribution in [2.45, 2.75) is 111 Å². The Hall–Kier alpha value is -2.89. The minimum absolute atomic E-state index is 0.248. The van der Waals surface area contributed by atoms with Gasteiger partial charge in [-0.25, -0.2) is 4.57 Å². The molecule has 0 saturated heterocycles. The van der Waals surface area contributed by atoms with Crippen LogP contribution < -0.4 is 14.0 Å². The van der Waals surface area contributed by atoms with Gasteiger partial charge in [-0.2, -0.15) is 0 Å². The third-order valence-electron chi connectivity index (χ3n) is 7.02. The van der Waals surface area contributed by atoms with Gasteiger partial charge in [0.05, 0.1) is 13.2 Å². The maximum Gasteiger partial charge on any atom is 0.260 e. The summed E-state index contributed by atoms with van der Waals surface area (Å²) in [5, 5.41) is 0. The summed E-state index contributed by atoms with van der Waals surface area (Å²) in [6, 6.07) is 11.5. The lowest BCUT2D eigenvalue weighted by atomic mass is 10.1. The normalized spacial score (nSPS) is 10.9. The lowest BCUT2D eigenvalue weighted by Crippen LogP contribution is -2.38. The first-order chi connectivity index (χ1) is 19.0. The van der Waals surface area contributed by atoms with Crippen molar-refractivity contribution in [3.63, 3.8) is 0 Å². The Kier molecular flexibility index (Phi) is 15.9. The first kappa shape index (κ1) is 32.3. The second-order valence-corrected chi connectivity index (χ2v) is 10.2. The molecule has 0 N–H and O–H groups in total. The van der Waals surface area contributed by atoms with Gasteiger partial charge >= 0.3 is 0 Å². The highest BCUT2D eigenvalue weighted by atomic mass is 16.5. The first-order valence-corrected chi connectivity index (χ1v) is 15.2. The van der Waals surface area contributed by atoms with Crippen molar-refractivity contribution in [3.8, 4) is 11.5 Å². The van der Waals surface area contributed by atoms with Gasteiger partial charge in [-0.1, -0.05) is 71.3 Å². The topological polar surface area (TPSA) is 59.7 Å². The molecule has 216 valence electrons. The average Bonchev–Trinajstić information content (AvgIpc) is 2.95. The summed E-state index contributed by atoms with van der Waals surface area (Å²) >= 11 is 0. The molecular weight excluding hydrogens is 488 g/mol. The number of unbranched alkanes of at least 4 members (excludes halogenated alkanes) is 8. The number of aromatic nitrogens is 1. The van der Waals surface area contributed by atoms with Crippen LogP contribution in [0, 0.1) is 0 Å². The van der Waals surface area contributed by atoms with E-state index in [9.17, 15) is 9.59 Å². The Morgan fingerprint density at radius 3 is 2.03 bits per heavy atom. The van der Waals surface area contributed by atoms with Gasteiger partial charge < -0.3 is 9.47 Å². The molecule has 0 spiro atoms. The number of carbonyl (C=O) groups excluding carboxylic acids is 2. The molecule has 2 aromatic rings. The van der Waals surface area contributed by atoms with E-state index >= 15 is 0 Å². The highest BCUT2D eigenvalue weighted by molar-refractivity contribution is 6.04. The van der Waals surface area contributed by atoms with E-state index in [2.05, 4.69) is 37.6 Å². The van der Waals surface area contributed by atoms with Crippen molar-refractivity contribution in [1.29, 1.82) is 0 Å². The monoisotopic (exact) mass is 539 g/mol. The standard InChI is InChI=1S/C33H51N2O4/c1-5-8-10-12-16-25-38-31-22-21-29(27-32(31)39-26-17-13-11-9-6-2)33(37)35(28(4)36)24-18-20-30-19-14-15-23-34(30)7-3/h14-15,19,21-23,27H,5-13,16-18,20,24-26H2,1-4H3/q+1. The van der Waals surface area contributed by atoms with Crippen LogP contribution in [0.15, 0.2) is 42.6 Å². The predicted molar refractivity (Wildman–Crippen MR) is 157 cm³/mol. The molecule has 1 aromatic heterocycles. The smallest absolute Gasteiger partial charge is 0.260 e. The van der Waals surface area contributed by atoms with Crippen molar-refractivity contribution in [3.05, 3.63) is 53.9 Å². The number of amides is 2. The number of carbonyl (C=O) groups is 2. The Morgan fingerprint density at radius 2 is 1.41 bits per heavy atom. The van der Waals surface area contributed by atoms with E-state index in [0.29, 0.717) is 43.2 Å². The number of aryl methyl sites for hydroxylation is 2. The molecule has 39 heavy (non-hydrogen) atoms. The number of nitrogens with zero attached hydrogens (tertiary/aromatic N) is 2. The maximum atomic E-state index is 13.4. The minimum atomic E-state index is -0.294. The lowest BCUT2D eigenvalue weighted by molar-refractivity contribution is -0.700. The van der Waals surface area contributed by atoms with E-state index < -0.39 is 0 Å². The quantitative estimate of drug-likeness (QED) is 0.131. The molecule has 1 aromatic carbocycles. The molecule has 0 bridgehead atoms. The van der Waals surface area contributed by atoms with E-state index in [-0.39, 0.29) is 11.8 Å². The van der Waals surface area contributed by atoms with Crippen LogP contribution in [-0.4, -0.2) is 36.5 Å². The van der Waals surface area contributed by atoms with Crippen LogP contribution in [0.1, 0.15) is 114 Å². The SMILES string of the molecule is CCCCCCCOc1ccc(C(=O)N(CCCc2cccc[n+]2CC)C(C)=O)cc1OCCCCCCC. The Balaban J connectivity index is 2.07. The van der Waals surface area contributed by atoms with Crippen LogP contribution in [-0.2, 0) is 17.8 Å². The molecule has 0 saturated carbocycles. The molecule has 0 radical (unpaired) electrons. The summed E-state index contributed by atoms with van der Waals surface area (Å²) < 4.78 is 14.4. The van der Waals surface area contributed by atoms with Gasteiger partial charge in [-0.3, -0.25) is 14.5 Å². The van der Waals surface area contributed by atoms with E-state index in [0.717, 1.165) is 38.6 Å². The molecule has 0 unspecified atom stereocenters. The van der Waals surface area contributed by atoms with Crippen LogP contribution in [0.5, 0.6) is 11.5 Å². The minimum Gasteiger partial charge on any atom is -0.490 e. The number of pyridine rings is 1. The predicted octanol–water partition coefficient (Wildman–Crippen LogP) is 7.31. The number of hydrogen-bond acceptors (Lipinski definition) is 4. The molecule has 0 fully saturated rings. The van der Waals surface area contributed by atoms with Crippen LogP contribution in [0.25, 0.3) is 0 Å². The largest absolute Gasteiger partial charge is 0.490 e. The summed E-state index contributed by atoms with van der Waals surface area (Å²) in [5.41, 5.74) is 1.64. The molecule has 0 aliphatic heterocycles. The summed E-state index contributed by atoms with van der Waals surface area (Å²) in [5.74, 6) is 0.708. The molecule has 0 atom stereocenters. The third kappa shape index (κ3) is 11.8. The zero-order valence-electron chi connectivity index (χ0n) is 24.9. The van der Waals surface area contributed by atoms with E-state index in [4.69, 9.17) is 9.47 Å². The summed E-state index contributed by atoms with van der Waals surface area (Å²) in [7, 11) is 0. The molecule has 2 amide bonds. The lowest BCUT2D eigenvalue weighted by Gasteiger charge is -2.20. The highest BCUT2D eigenvalue weighted by Gasteiger charge is 2.22. The molecule has 0 aliphatic carbocycles. The van der Waals surface area contributed by atoms with Gasteiger partial charge in [0.15, 0.2) is 23.4 Å². The van der Waals surface area contributed by atoms with E-state index in [1.165, 1.54) is 56.0 Å². The first-order valence-electron chi connectivity index (χ1n) is 15.2. The van der Waals surface area contributed by atoms with Crippen LogP contribution in [0.3, 0.4) is 0 Å². The average molecular weight is 540 g/mol. The fraction of sp³-hybridized carbons (Fsp3) is 0.606. The van der Waals surface area contributed by atoms with Crippen LogP contribution >= 0.6 is 0 Å². The van der Waals surface area contributed by atoms with Gasteiger partial charge in [0.25, 0.3) is 5.91 Å². The molecule has 2 rings (SSSR count). The second kappa shape index (κ2) is 19.2. The number of imide groups is 1. The maximum absolute atomic E-state index is 13.4. The summed E-state index contributed by atoms with van der Waals surface area (Å²) in [6.45, 7) is 10.5. The molecule has 1 heterocycles. The van der Waals surface area contributed by atoms with Crippen molar-refractivity contribution in [1.82, 2.24) is 4.90 Å². The van der Waals surface area contributed by atoms with E-state index in [1.807, 2.05) is 18.2 Å². The number of hydrogen-bond donors (Lipinski definition) is 0. The third-order valence-corrected chi connectivity index (χ3v) is 7.02. The molecule has 6 heteroatoms. The number of benzene rings is 1. The fourth-order valence-electron chi connectivity index (χ4n) is 4.67. The van der Waals surface area contributed by atoms with Crippen molar-refractivity contribution >= 4 is 11.8 Å². The van der Waals surface area contributed by atoms with Gasteiger partial charge in [0.1, 0.15) is 6.54 Å². The Labute approximate surface area is 236 Å². The molecule has 0 aliphatic rings.